The quantitative estimate of drug-likeness (QED) is 0.604. The van der Waals surface area contributed by atoms with Crippen LogP contribution < -0.4 is 10.6 Å². The Morgan fingerprint density at radius 2 is 1.83 bits per heavy atom. The van der Waals surface area contributed by atoms with Gasteiger partial charge in [-0.15, -0.1) is 0 Å². The third-order valence-corrected chi connectivity index (χ3v) is 2.31. The molecule has 0 aliphatic rings. The Labute approximate surface area is 103 Å². The first kappa shape index (κ1) is 14.5. The fourth-order valence-corrected chi connectivity index (χ4v) is 1.41. The summed E-state index contributed by atoms with van der Waals surface area (Å²) in [6.45, 7) is 2.74. The van der Waals surface area contributed by atoms with Gasteiger partial charge in [-0.25, -0.2) is 13.2 Å². The van der Waals surface area contributed by atoms with Crippen molar-refractivity contribution in [2.24, 2.45) is 0 Å². The molecule has 1 aromatic rings. The second-order valence-electron chi connectivity index (χ2n) is 3.74. The summed E-state index contributed by atoms with van der Waals surface area (Å²) in [5.41, 5.74) is 0.0322. The van der Waals surface area contributed by atoms with E-state index in [2.05, 4.69) is 10.6 Å². The van der Waals surface area contributed by atoms with Crippen LogP contribution in [-0.4, -0.2) is 19.0 Å². The summed E-state index contributed by atoms with van der Waals surface area (Å²) in [5, 5.41) is 5.40. The monoisotopic (exact) mass is 260 g/mol. The molecule has 0 saturated heterocycles. The molecule has 2 N–H and O–H groups in total. The van der Waals surface area contributed by atoms with Gasteiger partial charge in [0.05, 0.1) is 0 Å². The molecular formula is C12H15F3N2O. The molecule has 0 aliphatic carbocycles. The highest BCUT2D eigenvalue weighted by Gasteiger charge is 2.09. The van der Waals surface area contributed by atoms with Gasteiger partial charge < -0.3 is 10.6 Å². The van der Waals surface area contributed by atoms with Crippen molar-refractivity contribution in [2.45, 2.75) is 19.9 Å². The highest BCUT2D eigenvalue weighted by atomic mass is 19.2. The van der Waals surface area contributed by atoms with Crippen LogP contribution in [0.3, 0.4) is 0 Å². The van der Waals surface area contributed by atoms with Gasteiger partial charge in [0.25, 0.3) is 0 Å². The molecule has 0 bridgehead atoms. The van der Waals surface area contributed by atoms with E-state index in [4.69, 9.17) is 0 Å². The molecule has 0 heterocycles. The van der Waals surface area contributed by atoms with E-state index in [0.29, 0.717) is 19.2 Å². The van der Waals surface area contributed by atoms with Crippen molar-refractivity contribution in [1.29, 1.82) is 0 Å². The number of nitrogens with one attached hydrogen (secondary N) is 2. The number of amides is 1. The average Bonchev–Trinajstić information content (AvgIpc) is 2.31. The van der Waals surface area contributed by atoms with Crippen LogP contribution in [0.1, 0.15) is 18.9 Å². The number of rotatable bonds is 6. The highest BCUT2D eigenvalue weighted by molar-refractivity contribution is 5.75. The van der Waals surface area contributed by atoms with Crippen molar-refractivity contribution >= 4 is 5.91 Å². The van der Waals surface area contributed by atoms with Gasteiger partial charge in [0, 0.05) is 37.7 Å². The largest absolute Gasteiger partial charge is 0.356 e. The van der Waals surface area contributed by atoms with Gasteiger partial charge in [-0.3, -0.25) is 4.79 Å². The van der Waals surface area contributed by atoms with Crippen LogP contribution in [0.25, 0.3) is 0 Å². The first-order valence-electron chi connectivity index (χ1n) is 5.65. The number of carbonyl (C=O) groups is 1. The molecule has 100 valence electrons. The third kappa shape index (κ3) is 4.37. The first-order valence-corrected chi connectivity index (χ1v) is 5.65. The zero-order chi connectivity index (χ0) is 13.5. The van der Waals surface area contributed by atoms with Gasteiger partial charge in [0.15, 0.2) is 11.6 Å². The summed E-state index contributed by atoms with van der Waals surface area (Å²) in [4.78, 5) is 11.1. The third-order valence-electron chi connectivity index (χ3n) is 2.31. The normalized spacial score (nSPS) is 10.4. The van der Waals surface area contributed by atoms with Crippen molar-refractivity contribution in [2.75, 3.05) is 13.1 Å². The Kier molecular flexibility index (Phi) is 5.64. The highest BCUT2D eigenvalue weighted by Crippen LogP contribution is 2.13. The maximum absolute atomic E-state index is 13.2. The van der Waals surface area contributed by atoms with Gasteiger partial charge >= 0.3 is 0 Å². The fraction of sp³-hybridized carbons (Fsp3) is 0.417. The molecule has 0 spiro atoms. The maximum Gasteiger partial charge on any atom is 0.221 e. The smallest absolute Gasteiger partial charge is 0.221 e. The minimum atomic E-state index is -1.21. The van der Waals surface area contributed by atoms with Gasteiger partial charge in [-0.2, -0.15) is 0 Å². The Morgan fingerprint density at radius 1 is 1.17 bits per heavy atom. The van der Waals surface area contributed by atoms with E-state index in [9.17, 15) is 18.0 Å². The zero-order valence-electron chi connectivity index (χ0n) is 10.0. The molecule has 18 heavy (non-hydrogen) atoms. The number of halogens is 3. The van der Waals surface area contributed by atoms with Crippen LogP contribution in [0, 0.1) is 17.5 Å². The van der Waals surface area contributed by atoms with Crippen molar-refractivity contribution < 1.29 is 18.0 Å². The molecular weight excluding hydrogens is 245 g/mol. The van der Waals surface area contributed by atoms with Crippen LogP contribution in [0.15, 0.2) is 12.1 Å². The minimum Gasteiger partial charge on any atom is -0.356 e. The van der Waals surface area contributed by atoms with E-state index in [1.807, 2.05) is 6.92 Å². The van der Waals surface area contributed by atoms with Crippen LogP contribution in [-0.2, 0) is 11.3 Å². The van der Waals surface area contributed by atoms with Gasteiger partial charge in [-0.1, -0.05) is 0 Å². The summed E-state index contributed by atoms with van der Waals surface area (Å²) in [5.74, 6) is -3.22. The number of hydrogen-bond donors (Lipinski definition) is 2. The van der Waals surface area contributed by atoms with E-state index in [-0.39, 0.29) is 24.4 Å². The Bertz CT molecular complexity index is 424. The lowest BCUT2D eigenvalue weighted by Gasteiger charge is -2.06. The molecule has 0 fully saturated rings. The standard InChI is InChI=1S/C12H15F3N2O/c1-2-17-12(18)3-4-16-7-8-5-10(14)11(15)6-9(8)13/h5-6,16H,2-4,7H2,1H3,(H,17,18). The molecule has 1 aromatic carbocycles. The van der Waals surface area contributed by atoms with Crippen molar-refractivity contribution in [3.63, 3.8) is 0 Å². The second kappa shape index (κ2) is 7.00. The molecule has 6 heteroatoms. The number of hydrogen-bond acceptors (Lipinski definition) is 2. The molecule has 1 rings (SSSR count). The lowest BCUT2D eigenvalue weighted by Crippen LogP contribution is -2.27. The van der Waals surface area contributed by atoms with E-state index >= 15 is 0 Å². The minimum absolute atomic E-state index is 0.0322. The van der Waals surface area contributed by atoms with Gasteiger partial charge in [0.1, 0.15) is 5.82 Å². The summed E-state index contributed by atoms with van der Waals surface area (Å²) in [6, 6.07) is 1.32. The van der Waals surface area contributed by atoms with E-state index in [1.54, 1.807) is 0 Å². The van der Waals surface area contributed by atoms with Crippen LogP contribution in [0.5, 0.6) is 0 Å². The molecule has 0 aliphatic heterocycles. The predicted molar refractivity (Wildman–Crippen MR) is 61.3 cm³/mol. The summed E-state index contributed by atoms with van der Waals surface area (Å²) in [7, 11) is 0. The van der Waals surface area contributed by atoms with Gasteiger partial charge in [-0.05, 0) is 13.0 Å². The first-order chi connectivity index (χ1) is 8.54. The Morgan fingerprint density at radius 3 is 2.50 bits per heavy atom. The molecule has 3 nitrogen and oxygen atoms in total. The number of carbonyl (C=O) groups excluding carboxylic acids is 1. The molecule has 0 radical (unpaired) electrons. The number of benzene rings is 1. The van der Waals surface area contributed by atoms with Crippen LogP contribution >= 0.6 is 0 Å². The fourth-order valence-electron chi connectivity index (χ4n) is 1.41. The molecule has 0 aromatic heterocycles. The van der Waals surface area contributed by atoms with Crippen LogP contribution in [0.4, 0.5) is 13.2 Å². The van der Waals surface area contributed by atoms with Gasteiger partial charge in [0.2, 0.25) is 5.91 Å². The van der Waals surface area contributed by atoms with Crippen molar-refractivity contribution in [1.82, 2.24) is 10.6 Å². The average molecular weight is 260 g/mol. The lowest BCUT2D eigenvalue weighted by molar-refractivity contribution is -0.120. The van der Waals surface area contributed by atoms with E-state index in [1.165, 1.54) is 0 Å². The van der Waals surface area contributed by atoms with Crippen LogP contribution in [0.2, 0.25) is 0 Å². The summed E-state index contributed by atoms with van der Waals surface area (Å²) < 4.78 is 38.7. The Balaban J connectivity index is 2.40. The van der Waals surface area contributed by atoms with Crippen molar-refractivity contribution in [3.05, 3.63) is 35.1 Å². The molecule has 0 unspecified atom stereocenters. The maximum atomic E-state index is 13.2. The second-order valence-corrected chi connectivity index (χ2v) is 3.74. The lowest BCUT2D eigenvalue weighted by atomic mass is 10.2. The predicted octanol–water partition coefficient (Wildman–Crippen LogP) is 1.72. The molecule has 1 amide bonds. The summed E-state index contributed by atoms with van der Waals surface area (Å²) in [6.07, 6.45) is 0.249. The zero-order valence-corrected chi connectivity index (χ0v) is 10.0. The topological polar surface area (TPSA) is 41.1 Å². The van der Waals surface area contributed by atoms with E-state index in [0.717, 1.165) is 6.07 Å². The summed E-state index contributed by atoms with van der Waals surface area (Å²) >= 11 is 0. The Hall–Kier alpha value is -1.56. The van der Waals surface area contributed by atoms with Crippen molar-refractivity contribution in [3.8, 4) is 0 Å². The SMILES string of the molecule is CCNC(=O)CCNCc1cc(F)c(F)cc1F. The molecule has 0 saturated carbocycles. The van der Waals surface area contributed by atoms with E-state index < -0.39 is 17.5 Å². The molecule has 0 atom stereocenters.